The normalized spacial score (nSPS) is 15.1. The van der Waals surface area contributed by atoms with Gasteiger partial charge in [-0.1, -0.05) is 6.92 Å². The van der Waals surface area contributed by atoms with Gasteiger partial charge in [0.05, 0.1) is 0 Å². The van der Waals surface area contributed by atoms with Gasteiger partial charge in [-0.05, 0) is 0 Å². The number of hydrogen-bond donors (Lipinski definition) is 0. The molecular formula is C4H6F3OS+. The standard InChI is InChI=1S/C4H6F3OS/c1-2-3(9-8)4(5,6)7/h3H,2H2,1H3/q+1. The molecule has 0 aromatic rings. The van der Waals surface area contributed by atoms with Crippen LogP contribution < -0.4 is 0 Å². The van der Waals surface area contributed by atoms with E-state index >= 15 is 0 Å². The Hall–Kier alpha value is -0.190. The van der Waals surface area contributed by atoms with E-state index in [1.54, 1.807) is 0 Å². The molecule has 0 aromatic carbocycles. The lowest BCUT2D eigenvalue weighted by Crippen LogP contribution is -2.26. The third kappa shape index (κ3) is 2.74. The topological polar surface area (TPSA) is 17.1 Å². The summed E-state index contributed by atoms with van der Waals surface area (Å²) in [4.78, 5) is 0. The minimum Gasteiger partial charge on any atom is -0.165 e. The largest absolute Gasteiger partial charge is 0.472 e. The van der Waals surface area contributed by atoms with Crippen LogP contribution in [0.3, 0.4) is 0 Å². The fourth-order valence-electron chi connectivity index (χ4n) is 0.354. The van der Waals surface area contributed by atoms with Crippen molar-refractivity contribution in [1.29, 1.82) is 0 Å². The predicted molar refractivity (Wildman–Crippen MR) is 28.2 cm³/mol. The van der Waals surface area contributed by atoms with Crippen LogP contribution in [0.4, 0.5) is 13.2 Å². The average molecular weight is 159 g/mol. The van der Waals surface area contributed by atoms with Gasteiger partial charge in [0.15, 0.2) is 0 Å². The summed E-state index contributed by atoms with van der Waals surface area (Å²) < 4.78 is 44.2. The molecule has 0 radical (unpaired) electrons. The third-order valence-corrected chi connectivity index (χ3v) is 1.68. The van der Waals surface area contributed by atoms with Gasteiger partial charge in [0.1, 0.15) is 0 Å². The molecule has 0 rings (SSSR count). The zero-order valence-corrected chi connectivity index (χ0v) is 5.55. The lowest BCUT2D eigenvalue weighted by Gasteiger charge is -2.00. The molecule has 0 aromatic heterocycles. The van der Waals surface area contributed by atoms with E-state index in [0.717, 1.165) is 0 Å². The average Bonchev–Trinajstić information content (AvgIpc) is 1.65. The van der Waals surface area contributed by atoms with Crippen molar-refractivity contribution in [2.24, 2.45) is 0 Å². The minimum absolute atomic E-state index is 0.155. The fourth-order valence-corrected chi connectivity index (χ4v) is 0.599. The van der Waals surface area contributed by atoms with Gasteiger partial charge in [-0.15, -0.1) is 0 Å². The fraction of sp³-hybridized carbons (Fsp3) is 1.00. The number of halogens is 3. The van der Waals surface area contributed by atoms with Gasteiger partial charge in [-0.2, -0.15) is 13.2 Å². The quantitative estimate of drug-likeness (QED) is 0.561. The second-order valence-corrected chi connectivity index (χ2v) is 2.30. The van der Waals surface area contributed by atoms with Crippen molar-refractivity contribution >= 4 is 11.7 Å². The van der Waals surface area contributed by atoms with Crippen molar-refractivity contribution in [3.63, 3.8) is 0 Å². The predicted octanol–water partition coefficient (Wildman–Crippen LogP) is 1.76. The molecular weight excluding hydrogens is 153 g/mol. The molecule has 0 bridgehead atoms. The van der Waals surface area contributed by atoms with Gasteiger partial charge >= 0.3 is 23.1 Å². The van der Waals surface area contributed by atoms with Crippen molar-refractivity contribution in [2.45, 2.75) is 24.8 Å². The summed E-state index contributed by atoms with van der Waals surface area (Å²) in [6.45, 7) is 1.34. The molecule has 0 fully saturated rings. The highest BCUT2D eigenvalue weighted by atomic mass is 32.1. The first kappa shape index (κ1) is 8.81. The van der Waals surface area contributed by atoms with E-state index in [2.05, 4.69) is 0 Å². The van der Waals surface area contributed by atoms with Crippen LogP contribution in [-0.2, 0) is 15.9 Å². The van der Waals surface area contributed by atoms with Crippen LogP contribution >= 0.6 is 0 Å². The van der Waals surface area contributed by atoms with E-state index in [0.29, 0.717) is 0 Å². The first-order valence-corrected chi connectivity index (χ1v) is 3.18. The Morgan fingerprint density at radius 1 is 1.56 bits per heavy atom. The van der Waals surface area contributed by atoms with Crippen molar-refractivity contribution in [1.82, 2.24) is 0 Å². The second kappa shape index (κ2) is 3.10. The molecule has 0 spiro atoms. The van der Waals surface area contributed by atoms with Gasteiger partial charge in [-0.3, -0.25) is 0 Å². The highest BCUT2D eigenvalue weighted by Gasteiger charge is 2.48. The van der Waals surface area contributed by atoms with Crippen molar-refractivity contribution in [3.8, 4) is 0 Å². The Labute approximate surface area is 54.7 Å². The first-order chi connectivity index (χ1) is 4.02. The molecule has 1 unspecified atom stereocenters. The van der Waals surface area contributed by atoms with Crippen LogP contribution in [0.1, 0.15) is 13.3 Å². The molecule has 0 heterocycles. The monoisotopic (exact) mass is 159 g/mol. The number of hydrogen-bond acceptors (Lipinski definition) is 1. The maximum absolute atomic E-state index is 11.5. The molecule has 5 heteroatoms. The molecule has 54 valence electrons. The molecule has 0 aliphatic heterocycles. The van der Waals surface area contributed by atoms with Gasteiger partial charge < -0.3 is 0 Å². The molecule has 1 nitrogen and oxygen atoms in total. The summed E-state index contributed by atoms with van der Waals surface area (Å²) >= 11 is -0.398. The lowest BCUT2D eigenvalue weighted by atomic mass is 10.3. The van der Waals surface area contributed by atoms with Crippen LogP contribution in [0.15, 0.2) is 0 Å². The SMILES string of the molecule is CCC([S+]=O)C(F)(F)F. The molecule has 0 saturated heterocycles. The zero-order valence-electron chi connectivity index (χ0n) is 4.73. The van der Waals surface area contributed by atoms with E-state index in [9.17, 15) is 17.4 Å². The van der Waals surface area contributed by atoms with Crippen molar-refractivity contribution < 1.29 is 17.4 Å². The van der Waals surface area contributed by atoms with Crippen LogP contribution in [0.5, 0.6) is 0 Å². The third-order valence-electron chi connectivity index (χ3n) is 0.852. The number of rotatable bonds is 2. The van der Waals surface area contributed by atoms with Crippen LogP contribution in [-0.4, -0.2) is 11.4 Å². The Bertz CT molecular complexity index is 100. The molecule has 0 saturated carbocycles. The highest BCUT2D eigenvalue weighted by Crippen LogP contribution is 2.23. The molecule has 0 aliphatic rings. The summed E-state index contributed by atoms with van der Waals surface area (Å²) in [5.74, 6) is 0. The maximum atomic E-state index is 11.5. The van der Waals surface area contributed by atoms with Gasteiger partial charge in [-0.25, -0.2) is 0 Å². The van der Waals surface area contributed by atoms with E-state index in [1.165, 1.54) is 6.92 Å². The highest BCUT2D eigenvalue weighted by molar-refractivity contribution is 7.66. The molecule has 9 heavy (non-hydrogen) atoms. The smallest absolute Gasteiger partial charge is 0.165 e. The molecule has 0 amide bonds. The molecule has 0 N–H and O–H groups in total. The van der Waals surface area contributed by atoms with E-state index in [1.807, 2.05) is 0 Å². The molecule has 0 aliphatic carbocycles. The summed E-state index contributed by atoms with van der Waals surface area (Å²) in [6.07, 6.45) is -4.49. The number of alkyl halides is 3. The Balaban J connectivity index is 3.94. The maximum Gasteiger partial charge on any atom is 0.472 e. The Kier molecular flexibility index (Phi) is 3.03. The first-order valence-electron chi connectivity index (χ1n) is 2.37. The van der Waals surface area contributed by atoms with E-state index in [4.69, 9.17) is 0 Å². The van der Waals surface area contributed by atoms with Crippen LogP contribution in [0.2, 0.25) is 0 Å². The van der Waals surface area contributed by atoms with Crippen LogP contribution in [0, 0.1) is 0 Å². The van der Waals surface area contributed by atoms with Gasteiger partial charge in [0, 0.05) is 10.6 Å². The Morgan fingerprint density at radius 2 is 2.00 bits per heavy atom. The summed E-state index contributed by atoms with van der Waals surface area (Å²) in [7, 11) is 0. The van der Waals surface area contributed by atoms with Gasteiger partial charge in [0.25, 0.3) is 0 Å². The van der Waals surface area contributed by atoms with Gasteiger partial charge in [0.2, 0.25) is 0 Å². The van der Waals surface area contributed by atoms with Crippen molar-refractivity contribution in [3.05, 3.63) is 0 Å². The van der Waals surface area contributed by atoms with Crippen molar-refractivity contribution in [2.75, 3.05) is 0 Å². The summed E-state index contributed by atoms with van der Waals surface area (Å²) in [5.41, 5.74) is 0. The Morgan fingerprint density at radius 3 is 2.00 bits per heavy atom. The lowest BCUT2D eigenvalue weighted by molar-refractivity contribution is -0.129. The summed E-state index contributed by atoms with van der Waals surface area (Å²) in [6, 6.07) is 0. The van der Waals surface area contributed by atoms with E-state index in [-0.39, 0.29) is 6.42 Å². The van der Waals surface area contributed by atoms with E-state index < -0.39 is 23.1 Å². The molecule has 1 atom stereocenters. The second-order valence-electron chi connectivity index (χ2n) is 1.53. The van der Waals surface area contributed by atoms with Crippen LogP contribution in [0.25, 0.3) is 0 Å². The zero-order chi connectivity index (χ0) is 7.49. The summed E-state index contributed by atoms with van der Waals surface area (Å²) in [5, 5.41) is -1.74. The minimum atomic E-state index is -4.33.